The van der Waals surface area contributed by atoms with Crippen LogP contribution in [0.1, 0.15) is 0 Å². The molecule has 0 radical (unpaired) electrons. The summed E-state index contributed by atoms with van der Waals surface area (Å²) < 4.78 is 8.75. The number of rotatable bonds is 1. The molecule has 6 aromatic carbocycles. The van der Waals surface area contributed by atoms with Crippen LogP contribution in [0.3, 0.4) is 0 Å². The Balaban J connectivity index is 1.76. The number of nitrogens with zero attached hydrogens (tertiary/aromatic N) is 1. The highest BCUT2D eigenvalue weighted by molar-refractivity contribution is 6.20. The number of benzene rings is 6. The number of aromatic nitrogens is 1. The van der Waals surface area contributed by atoms with E-state index in [9.17, 15) is 0 Å². The molecular weight excluding hydrogens is 462 g/mol. The summed E-state index contributed by atoms with van der Waals surface area (Å²) >= 11 is 0. The monoisotopic (exact) mass is 485 g/mol. The van der Waals surface area contributed by atoms with Crippen LogP contribution in [0.15, 0.2) is 144 Å². The summed E-state index contributed by atoms with van der Waals surface area (Å²) in [6, 6.07) is 49.7. The van der Waals surface area contributed by atoms with Crippen LogP contribution in [-0.2, 0) is 0 Å². The first-order chi connectivity index (χ1) is 18.9. The van der Waals surface area contributed by atoms with Crippen molar-refractivity contribution in [1.82, 2.24) is 4.57 Å². The molecule has 0 atom stereocenters. The number of hydrogen-bond donors (Lipinski definition) is 0. The Morgan fingerprint density at radius 2 is 0.763 bits per heavy atom. The lowest BCUT2D eigenvalue weighted by molar-refractivity contribution is 0.669. The maximum atomic E-state index is 6.33. The number of hydrogen-bond acceptors (Lipinski definition) is 1. The van der Waals surface area contributed by atoms with E-state index in [0.717, 1.165) is 38.7 Å². The molecule has 0 fully saturated rings. The average Bonchev–Trinajstić information content (AvgIpc) is 3.38. The Morgan fingerprint density at radius 1 is 0.342 bits per heavy atom. The third kappa shape index (κ3) is 3.01. The van der Waals surface area contributed by atoms with Crippen LogP contribution in [0.2, 0.25) is 0 Å². The zero-order chi connectivity index (χ0) is 25.1. The first kappa shape index (κ1) is 21.0. The Morgan fingerprint density at radius 3 is 1.34 bits per heavy atom. The standard InChI is InChI=1S/C36H23NO/c1-3-14-26-24(12-1)25-13-2-4-15-27(25)29-17-6-9-20-32(29)37(31-19-8-5-16-28(26)31)33-21-11-23-35-36(33)30-18-7-10-22-34(30)38-35/h1-23H. The SMILES string of the molecule is c1ccc2c(c1)oc1cccc(-n3c4ccccc4c4ccccc4c4ccccc4c4ccccc43)c12. The fraction of sp³-hybridized carbons (Fsp3) is 0. The topological polar surface area (TPSA) is 18.1 Å². The molecule has 2 heterocycles. The van der Waals surface area contributed by atoms with Crippen molar-refractivity contribution in [2.45, 2.75) is 0 Å². The largest absolute Gasteiger partial charge is 0.456 e. The summed E-state index contributed by atoms with van der Waals surface area (Å²) in [5.74, 6) is 0. The van der Waals surface area contributed by atoms with E-state index in [1.165, 1.54) is 32.3 Å². The van der Waals surface area contributed by atoms with Crippen LogP contribution in [0.4, 0.5) is 0 Å². The molecule has 0 N–H and O–H groups in total. The Hall–Kier alpha value is -5.08. The van der Waals surface area contributed by atoms with Gasteiger partial charge in [-0.1, -0.05) is 109 Å². The molecule has 2 nitrogen and oxygen atoms in total. The molecule has 0 saturated heterocycles. The molecule has 38 heavy (non-hydrogen) atoms. The van der Waals surface area contributed by atoms with Crippen molar-refractivity contribution in [1.29, 1.82) is 0 Å². The highest BCUT2D eigenvalue weighted by atomic mass is 16.3. The Kier molecular flexibility index (Phi) is 4.55. The molecule has 8 aromatic rings. The third-order valence-electron chi connectivity index (χ3n) is 7.64. The van der Waals surface area contributed by atoms with Crippen molar-refractivity contribution in [2.24, 2.45) is 0 Å². The van der Waals surface area contributed by atoms with Gasteiger partial charge in [0.1, 0.15) is 11.2 Å². The molecule has 0 bridgehead atoms. The normalized spacial score (nSPS) is 11.7. The van der Waals surface area contributed by atoms with Crippen LogP contribution in [0.5, 0.6) is 0 Å². The van der Waals surface area contributed by atoms with Gasteiger partial charge in [-0.3, -0.25) is 0 Å². The third-order valence-corrected chi connectivity index (χ3v) is 7.64. The van der Waals surface area contributed by atoms with Crippen molar-refractivity contribution in [3.05, 3.63) is 140 Å². The summed E-state index contributed by atoms with van der Waals surface area (Å²) in [5, 5.41) is 9.54. The van der Waals surface area contributed by atoms with Crippen molar-refractivity contribution in [2.75, 3.05) is 0 Å². The van der Waals surface area contributed by atoms with Crippen molar-refractivity contribution >= 4 is 65.3 Å². The summed E-state index contributed by atoms with van der Waals surface area (Å²) in [5.41, 5.74) is 5.16. The predicted molar refractivity (Wildman–Crippen MR) is 161 cm³/mol. The number of para-hydroxylation sites is 3. The Labute approximate surface area is 219 Å². The first-order valence-corrected chi connectivity index (χ1v) is 13.0. The van der Waals surface area contributed by atoms with E-state index in [-0.39, 0.29) is 0 Å². The second-order valence-corrected chi connectivity index (χ2v) is 9.71. The van der Waals surface area contributed by atoms with Gasteiger partial charge in [0.15, 0.2) is 0 Å². The van der Waals surface area contributed by atoms with Crippen LogP contribution in [0, 0.1) is 0 Å². The molecule has 0 amide bonds. The molecule has 0 aliphatic heterocycles. The number of furan rings is 1. The lowest BCUT2D eigenvalue weighted by Crippen LogP contribution is -1.98. The van der Waals surface area contributed by atoms with Gasteiger partial charge in [0.2, 0.25) is 0 Å². The summed E-state index contributed by atoms with van der Waals surface area (Å²) in [4.78, 5) is 0. The van der Waals surface area contributed by atoms with Gasteiger partial charge in [-0.05, 0) is 51.9 Å². The molecule has 0 unspecified atom stereocenters. The highest BCUT2D eigenvalue weighted by Gasteiger charge is 2.15. The minimum atomic E-state index is 0.888. The maximum Gasteiger partial charge on any atom is 0.137 e. The zero-order valence-electron chi connectivity index (χ0n) is 20.6. The van der Waals surface area contributed by atoms with Gasteiger partial charge in [-0.2, -0.15) is 0 Å². The summed E-state index contributed by atoms with van der Waals surface area (Å²) in [7, 11) is 0. The molecular formula is C36H23NO. The van der Waals surface area contributed by atoms with Gasteiger partial charge in [0.25, 0.3) is 0 Å². The molecule has 0 aliphatic carbocycles. The number of fused-ring (bicyclic) bond motifs is 10. The zero-order valence-corrected chi connectivity index (χ0v) is 20.6. The lowest BCUT2D eigenvalue weighted by Gasteiger charge is -2.15. The van der Waals surface area contributed by atoms with E-state index in [1.807, 2.05) is 12.1 Å². The first-order valence-electron chi connectivity index (χ1n) is 13.0. The fourth-order valence-corrected chi connectivity index (χ4v) is 6.03. The Bertz CT molecular complexity index is 2140. The van der Waals surface area contributed by atoms with Gasteiger partial charge in [0.05, 0.1) is 22.1 Å². The van der Waals surface area contributed by atoms with E-state index in [0.29, 0.717) is 0 Å². The molecule has 0 aliphatic rings. The van der Waals surface area contributed by atoms with Crippen molar-refractivity contribution in [3.63, 3.8) is 0 Å². The van der Waals surface area contributed by atoms with E-state index in [4.69, 9.17) is 4.42 Å². The van der Waals surface area contributed by atoms with E-state index in [1.54, 1.807) is 0 Å². The van der Waals surface area contributed by atoms with Crippen molar-refractivity contribution in [3.8, 4) is 5.69 Å². The molecule has 0 saturated carbocycles. The predicted octanol–water partition coefficient (Wildman–Crippen LogP) is 10.1. The van der Waals surface area contributed by atoms with Crippen LogP contribution in [-0.4, -0.2) is 4.57 Å². The van der Waals surface area contributed by atoms with E-state index in [2.05, 4.69) is 132 Å². The molecule has 8 rings (SSSR count). The smallest absolute Gasteiger partial charge is 0.137 e. The second-order valence-electron chi connectivity index (χ2n) is 9.71. The summed E-state index contributed by atoms with van der Waals surface area (Å²) in [6.07, 6.45) is 0. The minimum Gasteiger partial charge on any atom is -0.456 e. The minimum absolute atomic E-state index is 0.888. The van der Waals surface area contributed by atoms with Crippen LogP contribution < -0.4 is 0 Å². The van der Waals surface area contributed by atoms with Crippen LogP contribution >= 0.6 is 0 Å². The van der Waals surface area contributed by atoms with E-state index < -0.39 is 0 Å². The van der Waals surface area contributed by atoms with Gasteiger partial charge in [-0.25, -0.2) is 0 Å². The van der Waals surface area contributed by atoms with Crippen LogP contribution in [0.25, 0.3) is 71.0 Å². The average molecular weight is 486 g/mol. The maximum absolute atomic E-state index is 6.33. The van der Waals surface area contributed by atoms with Gasteiger partial charge >= 0.3 is 0 Å². The lowest BCUT2D eigenvalue weighted by atomic mass is 10.0. The van der Waals surface area contributed by atoms with Gasteiger partial charge in [0, 0.05) is 16.2 Å². The van der Waals surface area contributed by atoms with Gasteiger partial charge < -0.3 is 8.98 Å². The molecule has 2 aromatic heterocycles. The fourth-order valence-electron chi connectivity index (χ4n) is 6.03. The van der Waals surface area contributed by atoms with Crippen molar-refractivity contribution < 1.29 is 4.42 Å². The molecule has 178 valence electrons. The summed E-state index contributed by atoms with van der Waals surface area (Å²) in [6.45, 7) is 0. The highest BCUT2D eigenvalue weighted by Crippen LogP contribution is 2.38. The second kappa shape index (κ2) is 8.22. The molecule has 2 heteroatoms. The molecule has 0 spiro atoms. The van der Waals surface area contributed by atoms with Gasteiger partial charge in [-0.15, -0.1) is 0 Å². The van der Waals surface area contributed by atoms with E-state index >= 15 is 0 Å². The quantitative estimate of drug-likeness (QED) is 0.226.